The van der Waals surface area contributed by atoms with Crippen LogP contribution in [0.4, 0.5) is 0 Å². The highest BCUT2D eigenvalue weighted by molar-refractivity contribution is 8.34. The first-order valence-corrected chi connectivity index (χ1v) is 9.25. The quantitative estimate of drug-likeness (QED) is 0.850. The van der Waals surface area contributed by atoms with Crippen molar-refractivity contribution in [1.82, 2.24) is 0 Å². The molecule has 3 N–H and O–H groups in total. The number of rotatable bonds is 6. The SMILES string of the molecule is CCc1ccc(S(C)(CC)C(O)(CC)CC)cc1.O. The molecule has 19 heavy (non-hydrogen) atoms. The minimum Gasteiger partial charge on any atom is -0.412 e. The smallest absolute Gasteiger partial charge is 0.0980 e. The van der Waals surface area contributed by atoms with Gasteiger partial charge in [0.05, 0.1) is 4.93 Å². The van der Waals surface area contributed by atoms with Gasteiger partial charge in [0, 0.05) is 0 Å². The summed E-state index contributed by atoms with van der Waals surface area (Å²) in [5.41, 5.74) is 1.37. The van der Waals surface area contributed by atoms with Gasteiger partial charge in [0.15, 0.2) is 0 Å². The fourth-order valence-corrected chi connectivity index (χ4v) is 5.89. The molecular weight excluding hydrogens is 256 g/mol. The highest BCUT2D eigenvalue weighted by Crippen LogP contribution is 2.63. The van der Waals surface area contributed by atoms with Gasteiger partial charge in [-0.25, -0.2) is 0 Å². The number of hydrogen-bond acceptors (Lipinski definition) is 1. The van der Waals surface area contributed by atoms with Gasteiger partial charge < -0.3 is 10.6 Å². The minimum atomic E-state index is -1.17. The molecule has 1 aromatic rings. The molecular formula is C16H30O2S. The van der Waals surface area contributed by atoms with Gasteiger partial charge in [0.2, 0.25) is 0 Å². The van der Waals surface area contributed by atoms with Crippen LogP contribution in [0, 0.1) is 0 Å². The van der Waals surface area contributed by atoms with E-state index in [9.17, 15) is 5.11 Å². The zero-order chi connectivity index (χ0) is 13.8. The van der Waals surface area contributed by atoms with E-state index in [0.717, 1.165) is 25.0 Å². The van der Waals surface area contributed by atoms with Crippen LogP contribution in [0.1, 0.15) is 46.1 Å². The Bertz CT molecular complexity index is 371. The molecule has 0 aliphatic rings. The second-order valence-electron chi connectivity index (χ2n) is 5.03. The van der Waals surface area contributed by atoms with Crippen LogP contribution in [0.15, 0.2) is 29.2 Å². The van der Waals surface area contributed by atoms with Crippen LogP contribution < -0.4 is 0 Å². The van der Waals surface area contributed by atoms with E-state index in [2.05, 4.69) is 58.2 Å². The van der Waals surface area contributed by atoms with Crippen LogP contribution in [-0.4, -0.2) is 27.5 Å². The number of benzene rings is 1. The van der Waals surface area contributed by atoms with Crippen LogP contribution >= 0.6 is 10.0 Å². The lowest BCUT2D eigenvalue weighted by atomic mass is 10.2. The van der Waals surface area contributed by atoms with Gasteiger partial charge in [0.25, 0.3) is 0 Å². The summed E-state index contributed by atoms with van der Waals surface area (Å²) >= 11 is 0. The van der Waals surface area contributed by atoms with Gasteiger partial charge in [-0.1, -0.05) is 39.8 Å². The summed E-state index contributed by atoms with van der Waals surface area (Å²) in [5.74, 6) is 1.04. The summed E-state index contributed by atoms with van der Waals surface area (Å²) in [6.07, 6.45) is 5.02. The van der Waals surface area contributed by atoms with E-state index in [1.165, 1.54) is 10.5 Å². The molecule has 1 unspecified atom stereocenters. The molecule has 1 aromatic carbocycles. The molecule has 0 aliphatic carbocycles. The van der Waals surface area contributed by atoms with Gasteiger partial charge in [-0.2, -0.15) is 10.0 Å². The van der Waals surface area contributed by atoms with Crippen molar-refractivity contribution in [3.05, 3.63) is 29.8 Å². The number of hydrogen-bond donors (Lipinski definition) is 1. The summed E-state index contributed by atoms with van der Waals surface area (Å²) in [4.78, 5) is 0.809. The molecule has 0 aromatic heterocycles. The molecule has 0 spiro atoms. The fraction of sp³-hybridized carbons (Fsp3) is 0.625. The average molecular weight is 286 g/mol. The first-order valence-electron chi connectivity index (χ1n) is 7.04. The van der Waals surface area contributed by atoms with E-state index in [0.29, 0.717) is 0 Å². The molecule has 0 saturated carbocycles. The fourth-order valence-electron chi connectivity index (χ4n) is 2.57. The predicted octanol–water partition coefficient (Wildman–Crippen LogP) is 3.75. The topological polar surface area (TPSA) is 51.7 Å². The second kappa shape index (κ2) is 7.32. The van der Waals surface area contributed by atoms with Crippen molar-refractivity contribution in [3.63, 3.8) is 0 Å². The van der Waals surface area contributed by atoms with E-state index in [1.54, 1.807) is 0 Å². The van der Waals surface area contributed by atoms with E-state index < -0.39 is 15.0 Å². The van der Waals surface area contributed by atoms with Crippen LogP contribution in [0.25, 0.3) is 0 Å². The van der Waals surface area contributed by atoms with Crippen LogP contribution in [0.2, 0.25) is 0 Å². The molecule has 0 amide bonds. The molecule has 2 nitrogen and oxygen atoms in total. The second-order valence-corrected chi connectivity index (χ2v) is 9.01. The van der Waals surface area contributed by atoms with Crippen molar-refractivity contribution in [3.8, 4) is 0 Å². The summed E-state index contributed by atoms with van der Waals surface area (Å²) in [6.45, 7) is 8.59. The molecule has 0 radical (unpaired) electrons. The zero-order valence-corrected chi connectivity index (χ0v) is 13.8. The zero-order valence-electron chi connectivity index (χ0n) is 13.0. The lowest BCUT2D eigenvalue weighted by Gasteiger charge is -2.49. The van der Waals surface area contributed by atoms with E-state index in [1.807, 2.05) is 0 Å². The standard InChI is InChI=1S/C16H28OS.H2O/c1-6-14-10-12-15(13-11-14)18(5,9-4)16(17,7-2)8-3;/h10-13,17H,6-9H2,1-5H3;1H2. The maximum absolute atomic E-state index is 11.0. The lowest BCUT2D eigenvalue weighted by Crippen LogP contribution is -2.35. The van der Waals surface area contributed by atoms with Crippen molar-refractivity contribution >= 4 is 10.0 Å². The molecule has 0 bridgehead atoms. The monoisotopic (exact) mass is 286 g/mol. The van der Waals surface area contributed by atoms with Crippen molar-refractivity contribution in [2.24, 2.45) is 0 Å². The maximum Gasteiger partial charge on any atom is 0.0980 e. The van der Waals surface area contributed by atoms with Crippen LogP contribution in [-0.2, 0) is 6.42 Å². The minimum absolute atomic E-state index is 0. The third-order valence-corrected chi connectivity index (χ3v) is 9.09. The molecule has 0 heterocycles. The largest absolute Gasteiger partial charge is 0.412 e. The number of aryl methyl sites for hydroxylation is 1. The summed E-state index contributed by atoms with van der Waals surface area (Å²) < 4.78 is 0. The molecule has 3 heteroatoms. The molecule has 1 atom stereocenters. The summed E-state index contributed by atoms with van der Waals surface area (Å²) in [7, 11) is -1.17. The van der Waals surface area contributed by atoms with Crippen molar-refractivity contribution in [2.45, 2.75) is 56.8 Å². The third-order valence-electron chi connectivity index (χ3n) is 4.37. The van der Waals surface area contributed by atoms with Crippen LogP contribution in [0.5, 0.6) is 0 Å². The molecule has 112 valence electrons. The average Bonchev–Trinajstić information content (AvgIpc) is 2.45. The van der Waals surface area contributed by atoms with Crippen molar-refractivity contribution in [1.29, 1.82) is 0 Å². The third kappa shape index (κ3) is 3.33. The Morgan fingerprint density at radius 1 is 1.00 bits per heavy atom. The Morgan fingerprint density at radius 2 is 1.47 bits per heavy atom. The highest BCUT2D eigenvalue weighted by Gasteiger charge is 2.39. The van der Waals surface area contributed by atoms with Crippen LogP contribution in [0.3, 0.4) is 0 Å². The summed E-state index contributed by atoms with van der Waals surface area (Å²) in [6, 6.07) is 8.88. The first kappa shape index (κ1) is 18.5. The first-order chi connectivity index (χ1) is 8.47. The van der Waals surface area contributed by atoms with Gasteiger partial charge in [-0.3, -0.25) is 0 Å². The Balaban J connectivity index is 0.00000324. The molecule has 1 rings (SSSR count). The van der Waals surface area contributed by atoms with Gasteiger partial charge in [0.1, 0.15) is 0 Å². The van der Waals surface area contributed by atoms with Gasteiger partial charge in [-0.15, -0.1) is 0 Å². The lowest BCUT2D eigenvalue weighted by molar-refractivity contribution is 0.123. The Kier molecular flexibility index (Phi) is 7.12. The Labute approximate surface area is 119 Å². The van der Waals surface area contributed by atoms with Gasteiger partial charge >= 0.3 is 0 Å². The van der Waals surface area contributed by atoms with Gasteiger partial charge in [-0.05, 0) is 53.9 Å². The maximum atomic E-state index is 11.0. The van der Waals surface area contributed by atoms with E-state index in [-0.39, 0.29) is 5.48 Å². The number of aliphatic hydroxyl groups is 1. The molecule has 0 saturated heterocycles. The van der Waals surface area contributed by atoms with E-state index >= 15 is 0 Å². The normalized spacial score (nSPS) is 16.3. The summed E-state index contributed by atoms with van der Waals surface area (Å²) in [5, 5.41) is 11.0. The molecule has 0 fully saturated rings. The van der Waals surface area contributed by atoms with E-state index in [4.69, 9.17) is 0 Å². The molecule has 0 aliphatic heterocycles. The Morgan fingerprint density at radius 3 is 1.79 bits per heavy atom. The Hall–Kier alpha value is -0.510. The van der Waals surface area contributed by atoms with Crippen molar-refractivity contribution < 1.29 is 10.6 Å². The predicted molar refractivity (Wildman–Crippen MR) is 87.3 cm³/mol. The highest BCUT2D eigenvalue weighted by atomic mass is 32.3. The van der Waals surface area contributed by atoms with Crippen molar-refractivity contribution in [2.75, 3.05) is 12.0 Å².